The molecule has 0 aliphatic rings. The van der Waals surface area contributed by atoms with Crippen LogP contribution in [0.2, 0.25) is 0 Å². The Morgan fingerprint density at radius 3 is 2.38 bits per heavy atom. The van der Waals surface area contributed by atoms with Crippen LogP contribution in [0.15, 0.2) is 76.5 Å². The van der Waals surface area contributed by atoms with Crippen LogP contribution in [-0.4, -0.2) is 43.0 Å². The lowest BCUT2D eigenvalue weighted by Crippen LogP contribution is -2.34. The molecule has 4 rings (SSSR count). The van der Waals surface area contributed by atoms with Gasteiger partial charge >= 0.3 is 0 Å². The Kier molecular flexibility index (Phi) is 6.28. The quantitative estimate of drug-likeness (QED) is 0.397. The van der Waals surface area contributed by atoms with Gasteiger partial charge in [0.15, 0.2) is 0 Å². The summed E-state index contributed by atoms with van der Waals surface area (Å²) in [5.41, 5.74) is 2.88. The molecule has 0 bridgehead atoms. The van der Waals surface area contributed by atoms with Gasteiger partial charge in [0.2, 0.25) is 15.9 Å². The number of benzene rings is 3. The molecule has 0 saturated heterocycles. The Labute approximate surface area is 192 Å². The van der Waals surface area contributed by atoms with Crippen LogP contribution in [-0.2, 0) is 21.4 Å². The van der Waals surface area contributed by atoms with E-state index < -0.39 is 15.9 Å². The van der Waals surface area contributed by atoms with Gasteiger partial charge in [-0.3, -0.25) is 4.79 Å². The SMILES string of the molecule is CCn1c2ccccc2c2cc(NC(=O)CN(C)S(=O)(=O)c3ccc(SC)cc3)ccc21. The first-order chi connectivity index (χ1) is 15.3. The monoisotopic (exact) mass is 467 g/mol. The highest BCUT2D eigenvalue weighted by atomic mass is 32.2. The zero-order chi connectivity index (χ0) is 22.9. The largest absolute Gasteiger partial charge is 0.341 e. The maximum absolute atomic E-state index is 12.8. The first-order valence-electron chi connectivity index (χ1n) is 10.3. The highest BCUT2D eigenvalue weighted by Gasteiger charge is 2.23. The number of aryl methyl sites for hydroxylation is 1. The number of amides is 1. The van der Waals surface area contributed by atoms with Crippen molar-refractivity contribution in [3.8, 4) is 0 Å². The summed E-state index contributed by atoms with van der Waals surface area (Å²) in [6.45, 7) is 2.67. The minimum atomic E-state index is -3.75. The standard InChI is InChI=1S/C24H25N3O3S2/c1-4-27-22-8-6-5-7-20(22)21-15-17(9-14-23(21)27)25-24(28)16-26(2)32(29,30)19-12-10-18(31-3)11-13-19/h5-15H,4,16H2,1-3H3,(H,25,28). The van der Waals surface area contributed by atoms with E-state index in [0.29, 0.717) is 5.69 Å². The van der Waals surface area contributed by atoms with E-state index in [1.807, 2.05) is 36.6 Å². The maximum atomic E-state index is 12.8. The molecule has 8 heteroatoms. The minimum Gasteiger partial charge on any atom is -0.341 e. The number of aromatic nitrogens is 1. The van der Waals surface area contributed by atoms with Crippen molar-refractivity contribution in [2.24, 2.45) is 0 Å². The lowest BCUT2D eigenvalue weighted by atomic mass is 10.1. The maximum Gasteiger partial charge on any atom is 0.243 e. The molecule has 0 aliphatic heterocycles. The Bertz CT molecular complexity index is 1390. The van der Waals surface area contributed by atoms with Crippen LogP contribution in [0.1, 0.15) is 6.92 Å². The lowest BCUT2D eigenvalue weighted by molar-refractivity contribution is -0.116. The van der Waals surface area contributed by atoms with Crippen molar-refractivity contribution in [3.05, 3.63) is 66.7 Å². The van der Waals surface area contributed by atoms with Gasteiger partial charge in [-0.05, 0) is 61.7 Å². The third-order valence-electron chi connectivity index (χ3n) is 5.51. The van der Waals surface area contributed by atoms with Gasteiger partial charge in [-0.2, -0.15) is 4.31 Å². The molecule has 1 heterocycles. The van der Waals surface area contributed by atoms with Crippen molar-refractivity contribution in [1.82, 2.24) is 8.87 Å². The molecular weight excluding hydrogens is 442 g/mol. The molecule has 0 unspecified atom stereocenters. The molecular formula is C24H25N3O3S2. The summed E-state index contributed by atoms with van der Waals surface area (Å²) in [6.07, 6.45) is 1.93. The predicted octanol–water partition coefficient (Wildman–Crippen LogP) is 4.80. The smallest absolute Gasteiger partial charge is 0.243 e. The summed E-state index contributed by atoms with van der Waals surface area (Å²) in [7, 11) is -2.34. The Hall–Kier alpha value is -2.81. The van der Waals surface area contributed by atoms with Crippen molar-refractivity contribution < 1.29 is 13.2 Å². The van der Waals surface area contributed by atoms with Gasteiger partial charge in [-0.25, -0.2) is 8.42 Å². The average molecular weight is 468 g/mol. The number of anilines is 1. The van der Waals surface area contributed by atoms with Crippen LogP contribution >= 0.6 is 11.8 Å². The van der Waals surface area contributed by atoms with Gasteiger partial charge < -0.3 is 9.88 Å². The Balaban J connectivity index is 1.54. The third-order valence-corrected chi connectivity index (χ3v) is 8.07. The molecule has 1 N–H and O–H groups in total. The fourth-order valence-electron chi connectivity index (χ4n) is 3.89. The van der Waals surface area contributed by atoms with E-state index in [1.165, 1.54) is 18.8 Å². The molecule has 32 heavy (non-hydrogen) atoms. The van der Waals surface area contributed by atoms with E-state index in [9.17, 15) is 13.2 Å². The zero-order valence-electron chi connectivity index (χ0n) is 18.2. The van der Waals surface area contributed by atoms with Crippen molar-refractivity contribution in [3.63, 3.8) is 0 Å². The lowest BCUT2D eigenvalue weighted by Gasteiger charge is -2.17. The predicted molar refractivity (Wildman–Crippen MR) is 132 cm³/mol. The van der Waals surface area contributed by atoms with E-state index >= 15 is 0 Å². The van der Waals surface area contributed by atoms with Gasteiger partial charge in [-0.1, -0.05) is 18.2 Å². The van der Waals surface area contributed by atoms with E-state index in [0.717, 1.165) is 37.6 Å². The van der Waals surface area contributed by atoms with Gasteiger partial charge in [-0.15, -0.1) is 11.8 Å². The molecule has 0 radical (unpaired) electrons. The molecule has 0 aliphatic carbocycles. The zero-order valence-corrected chi connectivity index (χ0v) is 19.8. The first-order valence-corrected chi connectivity index (χ1v) is 12.9. The minimum absolute atomic E-state index is 0.166. The van der Waals surface area contributed by atoms with Crippen molar-refractivity contribution in [2.75, 3.05) is 25.2 Å². The number of thioether (sulfide) groups is 1. The van der Waals surface area contributed by atoms with Crippen molar-refractivity contribution in [2.45, 2.75) is 23.3 Å². The molecule has 1 amide bonds. The van der Waals surface area contributed by atoms with Crippen LogP contribution < -0.4 is 5.32 Å². The average Bonchev–Trinajstić information content (AvgIpc) is 3.12. The molecule has 1 aromatic heterocycles. The number of sulfonamides is 1. The van der Waals surface area contributed by atoms with E-state index in [4.69, 9.17) is 0 Å². The number of likely N-dealkylation sites (N-methyl/N-ethyl adjacent to an activating group) is 1. The van der Waals surface area contributed by atoms with E-state index in [1.54, 1.807) is 24.3 Å². The molecule has 6 nitrogen and oxygen atoms in total. The Morgan fingerprint density at radius 2 is 1.69 bits per heavy atom. The van der Waals surface area contributed by atoms with Crippen LogP contribution in [0, 0.1) is 0 Å². The van der Waals surface area contributed by atoms with Crippen LogP contribution in [0.4, 0.5) is 5.69 Å². The molecule has 0 saturated carbocycles. The summed E-state index contributed by atoms with van der Waals surface area (Å²) in [5.74, 6) is -0.393. The fourth-order valence-corrected chi connectivity index (χ4v) is 5.42. The highest BCUT2D eigenvalue weighted by molar-refractivity contribution is 7.98. The molecule has 0 fully saturated rings. The second-order valence-electron chi connectivity index (χ2n) is 7.48. The number of nitrogens with zero attached hydrogens (tertiary/aromatic N) is 2. The van der Waals surface area contributed by atoms with Gasteiger partial charge in [0, 0.05) is 46.0 Å². The molecule has 4 aromatic rings. The number of carbonyl (C=O) groups excluding carboxylic acids is 1. The van der Waals surface area contributed by atoms with Crippen molar-refractivity contribution in [1.29, 1.82) is 0 Å². The number of para-hydroxylation sites is 1. The summed E-state index contributed by atoms with van der Waals surface area (Å²) >= 11 is 1.54. The summed E-state index contributed by atoms with van der Waals surface area (Å²) in [6, 6.07) is 20.6. The summed E-state index contributed by atoms with van der Waals surface area (Å²) < 4.78 is 28.9. The molecule has 0 spiro atoms. The number of carbonyl (C=O) groups is 1. The third kappa shape index (κ3) is 4.13. The van der Waals surface area contributed by atoms with E-state index in [-0.39, 0.29) is 11.4 Å². The number of hydrogen-bond donors (Lipinski definition) is 1. The molecule has 0 atom stereocenters. The summed E-state index contributed by atoms with van der Waals surface area (Å²) in [5, 5.41) is 5.01. The molecule has 3 aromatic carbocycles. The normalized spacial score (nSPS) is 12.0. The topological polar surface area (TPSA) is 71.4 Å². The van der Waals surface area contributed by atoms with Crippen LogP contribution in [0.3, 0.4) is 0 Å². The van der Waals surface area contributed by atoms with Gasteiger partial charge in [0.1, 0.15) is 0 Å². The number of nitrogens with one attached hydrogen (secondary N) is 1. The second kappa shape index (κ2) is 8.97. The van der Waals surface area contributed by atoms with Gasteiger partial charge in [0.05, 0.1) is 11.4 Å². The van der Waals surface area contributed by atoms with Crippen LogP contribution in [0.5, 0.6) is 0 Å². The summed E-state index contributed by atoms with van der Waals surface area (Å²) in [4.78, 5) is 13.8. The van der Waals surface area contributed by atoms with Crippen LogP contribution in [0.25, 0.3) is 21.8 Å². The highest BCUT2D eigenvalue weighted by Crippen LogP contribution is 2.31. The number of fused-ring (bicyclic) bond motifs is 3. The van der Waals surface area contributed by atoms with Crippen molar-refractivity contribution >= 4 is 55.2 Å². The van der Waals surface area contributed by atoms with Gasteiger partial charge in [0.25, 0.3) is 0 Å². The molecule has 166 valence electrons. The first kappa shape index (κ1) is 22.4. The number of rotatable bonds is 7. The Morgan fingerprint density at radius 1 is 1.00 bits per heavy atom. The van der Waals surface area contributed by atoms with E-state index in [2.05, 4.69) is 28.9 Å². The fraction of sp³-hybridized carbons (Fsp3) is 0.208. The second-order valence-corrected chi connectivity index (χ2v) is 10.4. The number of hydrogen-bond acceptors (Lipinski definition) is 4.